The molecule has 0 saturated carbocycles. The molecule has 3 rings (SSSR count). The molecule has 0 fully saturated rings. The van der Waals surface area contributed by atoms with Gasteiger partial charge in [0.25, 0.3) is 0 Å². The van der Waals surface area contributed by atoms with Crippen LogP contribution < -0.4 is 0 Å². The van der Waals surface area contributed by atoms with Gasteiger partial charge in [0.2, 0.25) is 0 Å². The van der Waals surface area contributed by atoms with Crippen LogP contribution in [-0.2, 0) is 10.6 Å². The van der Waals surface area contributed by atoms with Crippen molar-refractivity contribution in [1.82, 2.24) is 9.97 Å². The SMILES string of the molecule is C(=C\c1ccncc1)/c1ccncc1.N#C[Se]Cc1cccc(C[Se]C#N)c1. The van der Waals surface area contributed by atoms with Gasteiger partial charge in [-0.1, -0.05) is 12.2 Å². The summed E-state index contributed by atoms with van der Waals surface area (Å²) in [5, 5.41) is 18.7. The van der Waals surface area contributed by atoms with Crippen LogP contribution in [-0.4, -0.2) is 39.9 Å². The zero-order valence-electron chi connectivity index (χ0n) is 15.1. The molecular weight excluding hydrogens is 478 g/mol. The fourth-order valence-corrected chi connectivity index (χ4v) is 3.91. The van der Waals surface area contributed by atoms with E-state index in [1.807, 2.05) is 42.5 Å². The maximum absolute atomic E-state index is 8.48. The van der Waals surface area contributed by atoms with E-state index in [1.165, 1.54) is 11.1 Å². The molecule has 0 aliphatic rings. The van der Waals surface area contributed by atoms with Crippen LogP contribution in [0.25, 0.3) is 12.2 Å². The maximum atomic E-state index is 8.48. The average Bonchev–Trinajstić information content (AvgIpc) is 2.77. The van der Waals surface area contributed by atoms with E-state index in [9.17, 15) is 0 Å². The summed E-state index contributed by atoms with van der Waals surface area (Å²) in [5.41, 5.74) is 4.74. The summed E-state index contributed by atoms with van der Waals surface area (Å²) < 4.78 is 0. The minimum absolute atomic E-state index is 0.0546. The summed E-state index contributed by atoms with van der Waals surface area (Å²) in [5.74, 6) is 0. The molecule has 6 heteroatoms. The Kier molecular flexibility index (Phi) is 10.4. The van der Waals surface area contributed by atoms with E-state index in [2.05, 4.69) is 38.1 Å². The molecule has 0 radical (unpaired) electrons. The van der Waals surface area contributed by atoms with Gasteiger partial charge in [0, 0.05) is 24.8 Å². The molecule has 28 heavy (non-hydrogen) atoms. The molecule has 1 aromatic carbocycles. The molecule has 0 aliphatic heterocycles. The first kappa shape index (κ1) is 21.6. The topological polar surface area (TPSA) is 73.4 Å². The Morgan fingerprint density at radius 2 is 1.14 bits per heavy atom. The van der Waals surface area contributed by atoms with Crippen molar-refractivity contribution in [3.8, 4) is 9.94 Å². The van der Waals surface area contributed by atoms with Crippen molar-refractivity contribution in [3.05, 3.63) is 95.6 Å². The molecule has 0 amide bonds. The first-order chi connectivity index (χ1) is 13.8. The van der Waals surface area contributed by atoms with Gasteiger partial charge in [0.1, 0.15) is 0 Å². The van der Waals surface area contributed by atoms with Gasteiger partial charge in [-0.3, -0.25) is 9.97 Å². The fraction of sp³-hybridized carbons (Fsp3) is 0.0909. The molecule has 0 N–H and O–H groups in total. The van der Waals surface area contributed by atoms with Crippen LogP contribution in [0.5, 0.6) is 0 Å². The predicted octanol–water partition coefficient (Wildman–Crippen LogP) is 3.70. The molecule has 0 bridgehead atoms. The van der Waals surface area contributed by atoms with Crippen LogP contribution in [0.2, 0.25) is 0 Å². The minimum atomic E-state index is 0.0546. The third-order valence-electron chi connectivity index (χ3n) is 3.48. The Morgan fingerprint density at radius 1 is 0.714 bits per heavy atom. The van der Waals surface area contributed by atoms with Crippen molar-refractivity contribution in [3.63, 3.8) is 0 Å². The van der Waals surface area contributed by atoms with Crippen molar-refractivity contribution in [1.29, 1.82) is 10.5 Å². The van der Waals surface area contributed by atoms with Crippen molar-refractivity contribution >= 4 is 42.1 Å². The number of rotatable bonds is 6. The Bertz CT molecular complexity index is 871. The second-order valence-corrected chi connectivity index (χ2v) is 8.66. The molecule has 4 nitrogen and oxygen atoms in total. The van der Waals surface area contributed by atoms with E-state index in [1.54, 1.807) is 24.8 Å². The summed E-state index contributed by atoms with van der Waals surface area (Å²) in [6.45, 7) is 0. The normalized spacial score (nSPS) is 9.79. The summed E-state index contributed by atoms with van der Waals surface area (Å²) in [6, 6.07) is 16.1. The fourth-order valence-electron chi connectivity index (χ4n) is 2.18. The first-order valence-corrected chi connectivity index (χ1v) is 12.5. The molecule has 0 unspecified atom stereocenters. The molecule has 0 aliphatic carbocycles. The van der Waals surface area contributed by atoms with Crippen LogP contribution in [0.1, 0.15) is 22.3 Å². The summed E-state index contributed by atoms with van der Waals surface area (Å²) in [4.78, 5) is 12.3. The quantitative estimate of drug-likeness (QED) is 0.488. The molecule has 2 heterocycles. The van der Waals surface area contributed by atoms with Crippen LogP contribution in [0.15, 0.2) is 73.3 Å². The van der Waals surface area contributed by atoms with Crippen molar-refractivity contribution in [2.45, 2.75) is 10.6 Å². The zero-order valence-corrected chi connectivity index (χ0v) is 18.5. The Labute approximate surface area is 178 Å². The van der Waals surface area contributed by atoms with Crippen LogP contribution in [0.4, 0.5) is 0 Å². The van der Waals surface area contributed by atoms with Gasteiger partial charge in [-0.05, 0) is 35.4 Å². The van der Waals surface area contributed by atoms with Crippen molar-refractivity contribution < 1.29 is 0 Å². The van der Waals surface area contributed by atoms with E-state index in [-0.39, 0.29) is 29.9 Å². The van der Waals surface area contributed by atoms with E-state index in [4.69, 9.17) is 10.5 Å². The van der Waals surface area contributed by atoms with Gasteiger partial charge in [-0.25, -0.2) is 0 Å². The van der Waals surface area contributed by atoms with Gasteiger partial charge >= 0.3 is 96.4 Å². The van der Waals surface area contributed by atoms with Crippen LogP contribution in [0, 0.1) is 20.5 Å². The zero-order chi connectivity index (χ0) is 19.9. The third kappa shape index (κ3) is 8.78. The number of pyridine rings is 2. The number of hydrogen-bond acceptors (Lipinski definition) is 4. The molecule has 2 aromatic heterocycles. The third-order valence-corrected chi connectivity index (χ3v) is 6.02. The van der Waals surface area contributed by atoms with Gasteiger partial charge in [0.05, 0.1) is 0 Å². The van der Waals surface area contributed by atoms with E-state index in [0.29, 0.717) is 0 Å². The van der Waals surface area contributed by atoms with E-state index < -0.39 is 0 Å². The molecule has 0 spiro atoms. The first-order valence-electron chi connectivity index (χ1n) is 8.39. The van der Waals surface area contributed by atoms with E-state index >= 15 is 0 Å². The molecule has 0 saturated heterocycles. The van der Waals surface area contributed by atoms with E-state index in [0.717, 1.165) is 21.8 Å². The molecule has 3 aromatic rings. The number of nitriles is 2. The van der Waals surface area contributed by atoms with Crippen molar-refractivity contribution in [2.75, 3.05) is 0 Å². The van der Waals surface area contributed by atoms with Gasteiger partial charge in [-0.2, -0.15) is 0 Å². The van der Waals surface area contributed by atoms with Gasteiger partial charge in [-0.15, -0.1) is 0 Å². The number of benzene rings is 1. The van der Waals surface area contributed by atoms with Crippen LogP contribution in [0.3, 0.4) is 0 Å². The molecule has 138 valence electrons. The van der Waals surface area contributed by atoms with Gasteiger partial charge in [0.15, 0.2) is 0 Å². The number of hydrogen-bond donors (Lipinski definition) is 0. The molecular formula is C22H18N4Se2. The predicted molar refractivity (Wildman–Crippen MR) is 114 cm³/mol. The summed E-state index contributed by atoms with van der Waals surface area (Å²) in [6.07, 6.45) is 11.2. The standard InChI is InChI=1S/C12H10N2.C10H8N2Se2/c1(11-3-7-13-8-4-11)2-12-5-9-14-10-6-12;11-7-13-5-9-2-1-3-10(4-9)6-14-8-12/h1-10H;1-4H,5-6H2/b2-1+;. The Balaban J connectivity index is 0.000000200. The van der Waals surface area contributed by atoms with Crippen molar-refractivity contribution in [2.24, 2.45) is 0 Å². The second-order valence-electron chi connectivity index (χ2n) is 5.47. The van der Waals surface area contributed by atoms with Crippen LogP contribution >= 0.6 is 0 Å². The number of aromatic nitrogens is 2. The van der Waals surface area contributed by atoms with Gasteiger partial charge < -0.3 is 0 Å². The number of nitrogens with zero attached hydrogens (tertiary/aromatic N) is 4. The second kappa shape index (κ2) is 13.4. The monoisotopic (exact) mass is 498 g/mol. The molecule has 0 atom stereocenters. The summed E-state index contributed by atoms with van der Waals surface area (Å²) in [7, 11) is 0. The Morgan fingerprint density at radius 3 is 1.54 bits per heavy atom. The summed E-state index contributed by atoms with van der Waals surface area (Å²) >= 11 is 0.109. The average molecular weight is 496 g/mol. The Hall–Kier alpha value is -2.72.